The fourth-order valence-corrected chi connectivity index (χ4v) is 3.19. The van der Waals surface area contributed by atoms with Gasteiger partial charge in [0.2, 0.25) is 0 Å². The fraction of sp³-hybridized carbons (Fsp3) is 0.588. The average Bonchev–Trinajstić information content (AvgIpc) is 3.05. The first kappa shape index (κ1) is 16.0. The van der Waals surface area contributed by atoms with Gasteiger partial charge in [-0.05, 0) is 44.0 Å². The summed E-state index contributed by atoms with van der Waals surface area (Å²) in [4.78, 5) is 14.8. The van der Waals surface area contributed by atoms with Crippen molar-refractivity contribution in [1.29, 1.82) is 0 Å². The topological polar surface area (TPSA) is 49.8 Å². The predicted molar refractivity (Wildman–Crippen MR) is 82.8 cm³/mol. The lowest BCUT2D eigenvalue weighted by Gasteiger charge is -2.33. The molecule has 1 aromatic carbocycles. The van der Waals surface area contributed by atoms with Crippen LogP contribution < -0.4 is 4.74 Å². The monoisotopic (exact) mass is 291 g/mol. The van der Waals surface area contributed by atoms with Gasteiger partial charge >= 0.3 is 0 Å². The molecule has 1 N–H and O–H groups in total. The molecule has 0 radical (unpaired) electrons. The zero-order chi connectivity index (χ0) is 15.2. The number of Topliss-reactive ketones (excluding diaryl/α,β-unsaturated/α-hetero) is 1. The first-order chi connectivity index (χ1) is 10.2. The average molecular weight is 291 g/mol. The van der Waals surface area contributed by atoms with Crippen molar-refractivity contribution in [2.45, 2.75) is 44.7 Å². The lowest BCUT2D eigenvalue weighted by molar-refractivity contribution is 0.0707. The third kappa shape index (κ3) is 3.83. The van der Waals surface area contributed by atoms with Crippen LogP contribution in [0.2, 0.25) is 0 Å². The molecule has 4 nitrogen and oxygen atoms in total. The van der Waals surface area contributed by atoms with Crippen LogP contribution in [0.25, 0.3) is 0 Å². The zero-order valence-electron chi connectivity index (χ0n) is 12.9. The van der Waals surface area contributed by atoms with Gasteiger partial charge in [-0.1, -0.05) is 12.8 Å². The molecule has 1 unspecified atom stereocenters. The lowest BCUT2D eigenvalue weighted by Crippen LogP contribution is -2.46. The van der Waals surface area contributed by atoms with Crippen molar-refractivity contribution < 1.29 is 14.6 Å². The summed E-state index contributed by atoms with van der Waals surface area (Å²) < 4.78 is 5.12. The van der Waals surface area contributed by atoms with Crippen LogP contribution in [-0.4, -0.2) is 48.1 Å². The van der Waals surface area contributed by atoms with Gasteiger partial charge in [0.05, 0.1) is 19.8 Å². The van der Waals surface area contributed by atoms with Gasteiger partial charge in [0, 0.05) is 18.2 Å². The van der Waals surface area contributed by atoms with Gasteiger partial charge in [0.1, 0.15) is 5.75 Å². The molecule has 1 aliphatic rings. The molecule has 0 saturated heterocycles. The molecule has 1 fully saturated rings. The molecule has 0 amide bonds. The Labute approximate surface area is 126 Å². The maximum Gasteiger partial charge on any atom is 0.179 e. The number of hydrogen-bond acceptors (Lipinski definition) is 4. The molecule has 1 aliphatic carbocycles. The second-order valence-corrected chi connectivity index (χ2v) is 5.67. The van der Waals surface area contributed by atoms with E-state index in [4.69, 9.17) is 4.74 Å². The lowest BCUT2D eigenvalue weighted by atomic mass is 10.0. The highest BCUT2D eigenvalue weighted by molar-refractivity contribution is 5.99. The molecule has 21 heavy (non-hydrogen) atoms. The minimum absolute atomic E-state index is 0.0940. The SMILES string of the molecule is COc1ccc(C(=O)C(C)N(CCO)C2CCCC2)cc1. The summed E-state index contributed by atoms with van der Waals surface area (Å²) in [6, 6.07) is 7.47. The van der Waals surface area contributed by atoms with Crippen LogP contribution in [0, 0.1) is 0 Å². The number of carbonyl (C=O) groups excluding carboxylic acids is 1. The summed E-state index contributed by atoms with van der Waals surface area (Å²) in [5.74, 6) is 0.861. The number of carbonyl (C=O) groups is 1. The number of hydrogen-bond donors (Lipinski definition) is 1. The first-order valence-corrected chi connectivity index (χ1v) is 7.72. The van der Waals surface area contributed by atoms with E-state index in [1.54, 1.807) is 7.11 Å². The number of methoxy groups -OCH3 is 1. The Morgan fingerprint density at radius 2 is 1.95 bits per heavy atom. The number of ketones is 1. The maximum atomic E-state index is 12.7. The Balaban J connectivity index is 2.10. The van der Waals surface area contributed by atoms with Gasteiger partial charge in [-0.3, -0.25) is 9.69 Å². The van der Waals surface area contributed by atoms with E-state index in [1.807, 2.05) is 31.2 Å². The number of aliphatic hydroxyl groups is 1. The second-order valence-electron chi connectivity index (χ2n) is 5.67. The second kappa shape index (κ2) is 7.57. The summed E-state index contributed by atoms with van der Waals surface area (Å²) in [5, 5.41) is 9.30. The maximum absolute atomic E-state index is 12.7. The molecule has 4 heteroatoms. The summed E-state index contributed by atoms with van der Waals surface area (Å²) in [6.07, 6.45) is 4.69. The smallest absolute Gasteiger partial charge is 0.179 e. The van der Waals surface area contributed by atoms with E-state index in [1.165, 1.54) is 12.8 Å². The molecule has 0 aromatic heterocycles. The van der Waals surface area contributed by atoms with Gasteiger partial charge < -0.3 is 9.84 Å². The van der Waals surface area contributed by atoms with Gasteiger partial charge in [0.25, 0.3) is 0 Å². The molecule has 116 valence electrons. The highest BCUT2D eigenvalue weighted by Gasteiger charge is 2.30. The molecule has 0 heterocycles. The quantitative estimate of drug-likeness (QED) is 0.784. The minimum Gasteiger partial charge on any atom is -0.497 e. The molecule has 1 saturated carbocycles. The van der Waals surface area contributed by atoms with E-state index in [0.29, 0.717) is 18.2 Å². The summed E-state index contributed by atoms with van der Waals surface area (Å²) >= 11 is 0. The fourth-order valence-electron chi connectivity index (χ4n) is 3.19. The summed E-state index contributed by atoms with van der Waals surface area (Å²) in [5.41, 5.74) is 0.698. The van der Waals surface area contributed by atoms with Gasteiger partial charge in [-0.15, -0.1) is 0 Å². The number of nitrogens with zero attached hydrogens (tertiary/aromatic N) is 1. The van der Waals surface area contributed by atoms with Crippen LogP contribution in [0.1, 0.15) is 43.0 Å². The van der Waals surface area contributed by atoms with Crippen molar-refractivity contribution in [3.05, 3.63) is 29.8 Å². The number of aliphatic hydroxyl groups excluding tert-OH is 1. The van der Waals surface area contributed by atoms with Gasteiger partial charge in [-0.2, -0.15) is 0 Å². The van der Waals surface area contributed by atoms with E-state index >= 15 is 0 Å². The third-order valence-corrected chi connectivity index (χ3v) is 4.40. The van der Waals surface area contributed by atoms with E-state index < -0.39 is 0 Å². The Bertz CT molecular complexity index is 452. The molecule has 0 spiro atoms. The number of ether oxygens (including phenoxy) is 1. The highest BCUT2D eigenvalue weighted by atomic mass is 16.5. The number of benzene rings is 1. The van der Waals surface area contributed by atoms with Crippen molar-refractivity contribution in [3.63, 3.8) is 0 Å². The highest BCUT2D eigenvalue weighted by Crippen LogP contribution is 2.26. The summed E-state index contributed by atoms with van der Waals surface area (Å²) in [7, 11) is 1.61. The molecular weight excluding hydrogens is 266 g/mol. The van der Waals surface area contributed by atoms with Crippen LogP contribution in [0.4, 0.5) is 0 Å². The van der Waals surface area contributed by atoms with E-state index in [2.05, 4.69) is 4.90 Å². The largest absolute Gasteiger partial charge is 0.497 e. The molecule has 1 atom stereocenters. The Morgan fingerprint density at radius 1 is 1.33 bits per heavy atom. The Kier molecular flexibility index (Phi) is 5.76. The van der Waals surface area contributed by atoms with Crippen LogP contribution in [0.15, 0.2) is 24.3 Å². The van der Waals surface area contributed by atoms with Crippen molar-refractivity contribution in [1.82, 2.24) is 4.90 Å². The summed E-state index contributed by atoms with van der Waals surface area (Å²) in [6.45, 7) is 2.60. The van der Waals surface area contributed by atoms with E-state index in [0.717, 1.165) is 18.6 Å². The van der Waals surface area contributed by atoms with Crippen molar-refractivity contribution >= 4 is 5.78 Å². The van der Waals surface area contributed by atoms with Crippen LogP contribution >= 0.6 is 0 Å². The normalized spacial score (nSPS) is 17.1. The third-order valence-electron chi connectivity index (χ3n) is 4.40. The predicted octanol–water partition coefficient (Wildman–Crippen LogP) is 2.50. The molecular formula is C17H25NO3. The molecule has 0 bridgehead atoms. The van der Waals surface area contributed by atoms with Crippen LogP contribution in [0.3, 0.4) is 0 Å². The van der Waals surface area contributed by atoms with Crippen LogP contribution in [-0.2, 0) is 0 Å². The van der Waals surface area contributed by atoms with Crippen molar-refractivity contribution in [2.75, 3.05) is 20.3 Å². The van der Waals surface area contributed by atoms with Crippen molar-refractivity contribution in [2.24, 2.45) is 0 Å². The van der Waals surface area contributed by atoms with Gasteiger partial charge in [-0.25, -0.2) is 0 Å². The van der Waals surface area contributed by atoms with E-state index in [-0.39, 0.29) is 18.4 Å². The van der Waals surface area contributed by atoms with Gasteiger partial charge in [0.15, 0.2) is 5.78 Å². The van der Waals surface area contributed by atoms with Crippen LogP contribution in [0.5, 0.6) is 5.75 Å². The van der Waals surface area contributed by atoms with E-state index in [9.17, 15) is 9.90 Å². The number of rotatable bonds is 7. The Hall–Kier alpha value is -1.39. The molecule has 0 aliphatic heterocycles. The Morgan fingerprint density at radius 3 is 2.48 bits per heavy atom. The first-order valence-electron chi connectivity index (χ1n) is 7.72. The molecule has 2 rings (SSSR count). The zero-order valence-corrected chi connectivity index (χ0v) is 12.9. The standard InChI is InChI=1S/C17H25NO3/c1-13(18(11-12-19)15-5-3-4-6-15)17(20)14-7-9-16(21-2)10-8-14/h7-10,13,15,19H,3-6,11-12H2,1-2H3. The molecule has 1 aromatic rings. The minimum atomic E-state index is -0.200. The van der Waals surface area contributed by atoms with Crippen molar-refractivity contribution in [3.8, 4) is 5.75 Å².